The molecule has 0 aliphatic carbocycles. The molecule has 0 unspecified atom stereocenters. The van der Waals surface area contributed by atoms with Gasteiger partial charge in [0, 0.05) is 18.5 Å². The molecule has 1 aromatic carbocycles. The van der Waals surface area contributed by atoms with Crippen LogP contribution >= 0.6 is 0 Å². The Morgan fingerprint density at radius 3 is 2.76 bits per heavy atom. The summed E-state index contributed by atoms with van der Waals surface area (Å²) in [6.45, 7) is 1.32. The number of fused-ring (bicyclic) bond motifs is 1. The minimum absolute atomic E-state index is 0.414. The molecule has 17 heavy (non-hydrogen) atoms. The van der Waals surface area contributed by atoms with Crippen molar-refractivity contribution in [1.82, 2.24) is 4.98 Å². The third-order valence-corrected chi connectivity index (χ3v) is 2.36. The van der Waals surface area contributed by atoms with Crippen LogP contribution in [0.25, 0.3) is 10.8 Å². The molecule has 3 heteroatoms. The van der Waals surface area contributed by atoms with Crippen LogP contribution < -0.4 is 0 Å². The first kappa shape index (κ1) is 11.2. The third-order valence-electron chi connectivity index (χ3n) is 2.36. The van der Waals surface area contributed by atoms with Gasteiger partial charge in [-0.3, -0.25) is 9.78 Å². The smallest absolute Gasteiger partial charge is 0.304 e. The normalized spacial score (nSPS) is 11.8. The molecule has 0 radical (unpaired) electrons. The van der Waals surface area contributed by atoms with Crippen LogP contribution in [-0.4, -0.2) is 11.0 Å². The van der Waals surface area contributed by atoms with E-state index < -0.39 is 12.1 Å². The summed E-state index contributed by atoms with van der Waals surface area (Å²) in [4.78, 5) is 15.1. The van der Waals surface area contributed by atoms with E-state index >= 15 is 0 Å². The van der Waals surface area contributed by atoms with Crippen LogP contribution in [0.1, 0.15) is 18.7 Å². The van der Waals surface area contributed by atoms with Gasteiger partial charge in [0.05, 0.1) is 5.69 Å². The summed E-state index contributed by atoms with van der Waals surface area (Å²) in [7, 11) is 0. The second kappa shape index (κ2) is 4.67. The largest absolute Gasteiger partial charge is 0.443 e. The van der Waals surface area contributed by atoms with Crippen LogP contribution in [0.2, 0.25) is 0 Å². The second-order valence-electron chi connectivity index (χ2n) is 3.61. The van der Waals surface area contributed by atoms with E-state index in [0.717, 1.165) is 10.8 Å². The Bertz CT molecular complexity index is 598. The molecule has 84 valence electrons. The molecule has 0 saturated carbocycles. The highest BCUT2D eigenvalue weighted by Crippen LogP contribution is 2.19. The first-order chi connectivity index (χ1) is 8.20. The zero-order valence-corrected chi connectivity index (χ0v) is 9.38. The molecule has 0 aliphatic rings. The van der Waals surface area contributed by atoms with Gasteiger partial charge in [-0.2, -0.15) is 0 Å². The summed E-state index contributed by atoms with van der Waals surface area (Å²) in [5.41, 5.74) is 0.571. The van der Waals surface area contributed by atoms with Gasteiger partial charge in [-0.25, -0.2) is 0 Å². The van der Waals surface area contributed by atoms with Gasteiger partial charge in [-0.05, 0) is 11.5 Å². The number of hydrogen-bond acceptors (Lipinski definition) is 3. The minimum atomic E-state index is -0.725. The lowest BCUT2D eigenvalue weighted by Gasteiger charge is -2.10. The number of carbonyl (C=O) groups excluding carboxylic acids is 1. The van der Waals surface area contributed by atoms with E-state index in [1.54, 1.807) is 6.20 Å². The number of carbonyl (C=O) groups is 1. The highest BCUT2D eigenvalue weighted by Gasteiger charge is 2.13. The molecule has 0 bridgehead atoms. The van der Waals surface area contributed by atoms with E-state index in [-0.39, 0.29) is 0 Å². The molecule has 0 spiro atoms. The van der Waals surface area contributed by atoms with Gasteiger partial charge in [0.2, 0.25) is 6.10 Å². The monoisotopic (exact) mass is 225 g/mol. The van der Waals surface area contributed by atoms with Crippen LogP contribution in [0, 0.1) is 12.3 Å². The summed E-state index contributed by atoms with van der Waals surface area (Å²) in [6.07, 6.45) is 6.33. The third kappa shape index (κ3) is 2.43. The molecule has 0 N–H and O–H groups in total. The van der Waals surface area contributed by atoms with Gasteiger partial charge in [0.1, 0.15) is 0 Å². The molecule has 3 nitrogen and oxygen atoms in total. The minimum Gasteiger partial charge on any atom is -0.443 e. The summed E-state index contributed by atoms with van der Waals surface area (Å²) in [6, 6.07) is 9.63. The van der Waals surface area contributed by atoms with Crippen molar-refractivity contribution in [2.45, 2.75) is 13.0 Å². The van der Waals surface area contributed by atoms with Crippen molar-refractivity contribution in [3.63, 3.8) is 0 Å². The van der Waals surface area contributed by atoms with Gasteiger partial charge >= 0.3 is 5.97 Å². The maximum Gasteiger partial charge on any atom is 0.304 e. The summed E-state index contributed by atoms with van der Waals surface area (Å²) in [5, 5.41) is 2.04. The quantitative estimate of drug-likeness (QED) is 0.582. The zero-order chi connectivity index (χ0) is 12.3. The van der Waals surface area contributed by atoms with E-state index in [1.165, 1.54) is 6.92 Å². The van der Waals surface area contributed by atoms with Gasteiger partial charge in [0.15, 0.2) is 0 Å². The van der Waals surface area contributed by atoms with E-state index in [4.69, 9.17) is 11.2 Å². The molecular weight excluding hydrogens is 214 g/mol. The number of ether oxygens (including phenoxy) is 1. The molecule has 2 rings (SSSR count). The van der Waals surface area contributed by atoms with Crippen LogP contribution in [-0.2, 0) is 9.53 Å². The Hall–Kier alpha value is -2.34. The van der Waals surface area contributed by atoms with E-state index in [9.17, 15) is 4.79 Å². The highest BCUT2D eigenvalue weighted by molar-refractivity contribution is 5.82. The van der Waals surface area contributed by atoms with Crippen molar-refractivity contribution in [3.8, 4) is 12.3 Å². The number of esters is 1. The maximum atomic E-state index is 10.9. The Morgan fingerprint density at radius 2 is 2.12 bits per heavy atom. The number of benzene rings is 1. The molecule has 1 atom stereocenters. The van der Waals surface area contributed by atoms with Gasteiger partial charge in [-0.1, -0.05) is 30.2 Å². The van der Waals surface area contributed by atoms with Crippen molar-refractivity contribution >= 4 is 16.7 Å². The highest BCUT2D eigenvalue weighted by atomic mass is 16.5. The van der Waals surface area contributed by atoms with E-state index in [1.807, 2.05) is 30.3 Å². The lowest BCUT2D eigenvalue weighted by atomic mass is 10.1. The molecule has 0 aliphatic heterocycles. The number of rotatable bonds is 2. The van der Waals surface area contributed by atoms with Gasteiger partial charge in [0.25, 0.3) is 0 Å². The number of nitrogens with zero attached hydrogens (tertiary/aromatic N) is 1. The standard InChI is InChI=1S/C14H11NO2/c1-3-14(17-10(2)16)13-8-11-6-4-5-7-12(11)9-15-13/h1,4-9,14H,2H3/t14-/m0/s1. The van der Waals surface area contributed by atoms with Crippen LogP contribution in [0.4, 0.5) is 0 Å². The van der Waals surface area contributed by atoms with Crippen LogP contribution in [0.5, 0.6) is 0 Å². The molecule has 0 saturated heterocycles. The topological polar surface area (TPSA) is 39.2 Å². The Labute approximate surface area is 99.4 Å². The molecule has 0 fully saturated rings. The average Bonchev–Trinajstić information content (AvgIpc) is 2.35. The molecule has 1 heterocycles. The number of hydrogen-bond donors (Lipinski definition) is 0. The zero-order valence-electron chi connectivity index (χ0n) is 9.38. The van der Waals surface area contributed by atoms with Crippen molar-refractivity contribution in [2.75, 3.05) is 0 Å². The first-order valence-electron chi connectivity index (χ1n) is 5.19. The van der Waals surface area contributed by atoms with Gasteiger partial charge < -0.3 is 4.74 Å². The maximum absolute atomic E-state index is 10.9. The van der Waals surface area contributed by atoms with Gasteiger partial charge in [-0.15, -0.1) is 6.42 Å². The second-order valence-corrected chi connectivity index (χ2v) is 3.61. The van der Waals surface area contributed by atoms with Crippen molar-refractivity contribution in [2.24, 2.45) is 0 Å². The molecule has 1 aromatic heterocycles. The summed E-state index contributed by atoms with van der Waals surface area (Å²) in [5.74, 6) is 1.99. The Kier molecular flexibility index (Phi) is 3.06. The molecule has 2 aromatic rings. The summed E-state index contributed by atoms with van der Waals surface area (Å²) < 4.78 is 5.00. The fourth-order valence-electron chi connectivity index (χ4n) is 1.59. The van der Waals surface area contributed by atoms with E-state index in [2.05, 4.69) is 10.9 Å². The first-order valence-corrected chi connectivity index (χ1v) is 5.19. The summed E-state index contributed by atoms with van der Waals surface area (Å²) >= 11 is 0. The lowest BCUT2D eigenvalue weighted by Crippen LogP contribution is -2.07. The van der Waals surface area contributed by atoms with Crippen molar-refractivity contribution < 1.29 is 9.53 Å². The van der Waals surface area contributed by atoms with Crippen molar-refractivity contribution in [3.05, 3.63) is 42.2 Å². The lowest BCUT2D eigenvalue weighted by molar-refractivity contribution is -0.144. The Balaban J connectivity index is 2.41. The van der Waals surface area contributed by atoms with Crippen molar-refractivity contribution in [1.29, 1.82) is 0 Å². The van der Waals surface area contributed by atoms with Crippen LogP contribution in [0.15, 0.2) is 36.5 Å². The predicted molar refractivity (Wildman–Crippen MR) is 65.1 cm³/mol. The Morgan fingerprint density at radius 1 is 1.41 bits per heavy atom. The SMILES string of the molecule is C#C[C@H](OC(C)=O)c1cc2ccccc2cn1. The van der Waals surface area contributed by atoms with Crippen LogP contribution in [0.3, 0.4) is 0 Å². The molecule has 0 amide bonds. The van der Waals surface area contributed by atoms with E-state index in [0.29, 0.717) is 5.69 Å². The number of pyridine rings is 1. The fourth-order valence-corrected chi connectivity index (χ4v) is 1.59. The fraction of sp³-hybridized carbons (Fsp3) is 0.143. The average molecular weight is 225 g/mol. The predicted octanol–water partition coefficient (Wildman–Crippen LogP) is 2.47. The number of terminal acetylenes is 1. The number of aromatic nitrogens is 1. The molecular formula is C14H11NO2.